The Bertz CT molecular complexity index is 423. The zero-order chi connectivity index (χ0) is 11.4. The van der Waals surface area contributed by atoms with E-state index in [0.29, 0.717) is 12.4 Å². The van der Waals surface area contributed by atoms with E-state index in [1.54, 1.807) is 6.33 Å². The molecule has 7 heteroatoms. The minimum Gasteiger partial charge on any atom is -0.343 e. The van der Waals surface area contributed by atoms with Crippen LogP contribution in [0.3, 0.4) is 0 Å². The molecule has 7 nitrogen and oxygen atoms in total. The average Bonchev–Trinajstić information content (AvgIpc) is 2.87. The van der Waals surface area contributed by atoms with Gasteiger partial charge in [-0.1, -0.05) is 5.16 Å². The van der Waals surface area contributed by atoms with Gasteiger partial charge < -0.3 is 9.09 Å². The van der Waals surface area contributed by atoms with Gasteiger partial charge in [0.15, 0.2) is 5.82 Å². The average molecular weight is 222 g/mol. The molecule has 2 aromatic rings. The maximum absolute atomic E-state index is 4.67. The molecule has 16 heavy (non-hydrogen) atoms. The number of nitrogens with zero attached hydrogens (tertiary/aromatic N) is 6. The highest BCUT2D eigenvalue weighted by Crippen LogP contribution is 1.97. The van der Waals surface area contributed by atoms with E-state index in [0.717, 1.165) is 18.9 Å². The topological polar surface area (TPSA) is 72.9 Å². The largest absolute Gasteiger partial charge is 0.343 e. The van der Waals surface area contributed by atoms with Gasteiger partial charge in [0.1, 0.15) is 12.2 Å². The summed E-state index contributed by atoms with van der Waals surface area (Å²) in [6, 6.07) is 0. The van der Waals surface area contributed by atoms with Crippen LogP contribution in [0.5, 0.6) is 0 Å². The Morgan fingerprint density at radius 2 is 2.38 bits per heavy atom. The van der Waals surface area contributed by atoms with Crippen LogP contribution < -0.4 is 0 Å². The summed E-state index contributed by atoms with van der Waals surface area (Å²) in [5, 5.41) is 11.5. The molecule has 0 saturated heterocycles. The van der Waals surface area contributed by atoms with E-state index in [2.05, 4.69) is 29.8 Å². The van der Waals surface area contributed by atoms with Crippen LogP contribution in [-0.2, 0) is 13.1 Å². The van der Waals surface area contributed by atoms with Crippen molar-refractivity contribution in [1.29, 1.82) is 0 Å². The molecule has 0 atom stereocenters. The number of hydrogen-bond donors (Lipinski definition) is 0. The zero-order valence-electron chi connectivity index (χ0n) is 9.37. The van der Waals surface area contributed by atoms with Gasteiger partial charge in [-0.15, -0.1) is 10.2 Å². The molecular weight excluding hydrogens is 208 g/mol. The Balaban J connectivity index is 1.80. The van der Waals surface area contributed by atoms with E-state index >= 15 is 0 Å². The number of hydrogen-bond acceptors (Lipinski definition) is 6. The molecule has 0 aliphatic rings. The first-order chi connectivity index (χ1) is 7.75. The lowest BCUT2D eigenvalue weighted by Crippen LogP contribution is -2.23. The lowest BCUT2D eigenvalue weighted by Gasteiger charge is -2.14. The van der Waals surface area contributed by atoms with Crippen molar-refractivity contribution in [2.45, 2.75) is 20.0 Å². The van der Waals surface area contributed by atoms with Crippen LogP contribution in [0.25, 0.3) is 0 Å². The van der Waals surface area contributed by atoms with Gasteiger partial charge >= 0.3 is 0 Å². The molecule has 0 bridgehead atoms. The van der Waals surface area contributed by atoms with Gasteiger partial charge in [-0.05, 0) is 14.0 Å². The predicted octanol–water partition coefficient (Wildman–Crippen LogP) is 0.102. The fraction of sp³-hybridized carbons (Fsp3) is 0.556. The van der Waals surface area contributed by atoms with E-state index in [1.165, 1.54) is 6.39 Å². The van der Waals surface area contributed by atoms with E-state index in [9.17, 15) is 0 Å². The molecule has 0 unspecified atom stereocenters. The van der Waals surface area contributed by atoms with Crippen molar-refractivity contribution >= 4 is 0 Å². The second kappa shape index (κ2) is 4.84. The first kappa shape index (κ1) is 10.7. The Morgan fingerprint density at radius 1 is 1.50 bits per heavy atom. The smallest absolute Gasteiger partial charge is 0.213 e. The maximum Gasteiger partial charge on any atom is 0.213 e. The summed E-state index contributed by atoms with van der Waals surface area (Å²) in [6.45, 7) is 4.35. The Labute approximate surface area is 93.1 Å². The predicted molar refractivity (Wildman–Crippen MR) is 55.4 cm³/mol. The summed E-state index contributed by atoms with van der Waals surface area (Å²) in [5.74, 6) is 1.62. The van der Waals surface area contributed by atoms with Gasteiger partial charge in [0, 0.05) is 13.1 Å². The van der Waals surface area contributed by atoms with Crippen molar-refractivity contribution in [1.82, 2.24) is 29.8 Å². The molecule has 0 aromatic carbocycles. The molecule has 2 rings (SSSR count). The van der Waals surface area contributed by atoms with E-state index < -0.39 is 0 Å². The highest BCUT2D eigenvalue weighted by atomic mass is 16.5. The van der Waals surface area contributed by atoms with Gasteiger partial charge in [0.2, 0.25) is 6.39 Å². The molecule has 0 aliphatic carbocycles. The third kappa shape index (κ3) is 2.63. The highest BCUT2D eigenvalue weighted by molar-refractivity contribution is 4.81. The van der Waals surface area contributed by atoms with Crippen LogP contribution in [0.2, 0.25) is 0 Å². The fourth-order valence-corrected chi connectivity index (χ4v) is 1.39. The third-order valence-electron chi connectivity index (χ3n) is 2.35. The Morgan fingerprint density at radius 3 is 3.00 bits per heavy atom. The highest BCUT2D eigenvalue weighted by Gasteiger charge is 2.05. The molecule has 0 N–H and O–H groups in total. The summed E-state index contributed by atoms with van der Waals surface area (Å²) in [7, 11) is 2.01. The van der Waals surface area contributed by atoms with Crippen molar-refractivity contribution in [3.05, 3.63) is 24.4 Å². The molecule has 0 spiro atoms. The fourth-order valence-electron chi connectivity index (χ4n) is 1.39. The Kier molecular flexibility index (Phi) is 3.25. The first-order valence-electron chi connectivity index (χ1n) is 5.04. The maximum atomic E-state index is 4.67. The molecule has 0 radical (unpaired) electrons. The minimum atomic E-state index is 0.678. The van der Waals surface area contributed by atoms with E-state index in [1.807, 2.05) is 18.5 Å². The molecule has 0 fully saturated rings. The standard InChI is InChI=1S/C9H14N6O/c1-8-12-11-6-15(8)4-3-14(2)5-9-10-7-16-13-9/h6-7H,3-5H2,1-2H3. The van der Waals surface area contributed by atoms with Crippen LogP contribution in [0.4, 0.5) is 0 Å². The summed E-state index contributed by atoms with van der Waals surface area (Å²) >= 11 is 0. The van der Waals surface area contributed by atoms with Crippen LogP contribution >= 0.6 is 0 Å². The summed E-state index contributed by atoms with van der Waals surface area (Å²) in [4.78, 5) is 6.08. The zero-order valence-corrected chi connectivity index (χ0v) is 9.37. The molecule has 0 amide bonds. The van der Waals surface area contributed by atoms with Crippen molar-refractivity contribution in [2.75, 3.05) is 13.6 Å². The summed E-state index contributed by atoms with van der Waals surface area (Å²) in [5.41, 5.74) is 0. The monoisotopic (exact) mass is 222 g/mol. The van der Waals surface area contributed by atoms with E-state index in [4.69, 9.17) is 0 Å². The first-order valence-corrected chi connectivity index (χ1v) is 5.04. The van der Waals surface area contributed by atoms with Gasteiger partial charge in [0.25, 0.3) is 0 Å². The molecule has 86 valence electrons. The molecule has 0 saturated carbocycles. The quantitative estimate of drug-likeness (QED) is 0.714. The van der Waals surface area contributed by atoms with Crippen LogP contribution in [0.15, 0.2) is 17.2 Å². The second-order valence-corrected chi connectivity index (χ2v) is 3.66. The van der Waals surface area contributed by atoms with Crippen LogP contribution in [0, 0.1) is 6.92 Å². The second-order valence-electron chi connectivity index (χ2n) is 3.66. The van der Waals surface area contributed by atoms with Gasteiger partial charge in [-0.2, -0.15) is 4.98 Å². The molecule has 2 aromatic heterocycles. The molecule has 0 aliphatic heterocycles. The van der Waals surface area contributed by atoms with E-state index in [-0.39, 0.29) is 0 Å². The van der Waals surface area contributed by atoms with Gasteiger partial charge in [0.05, 0.1) is 6.54 Å². The van der Waals surface area contributed by atoms with Crippen LogP contribution in [0.1, 0.15) is 11.6 Å². The van der Waals surface area contributed by atoms with Crippen molar-refractivity contribution < 1.29 is 4.52 Å². The number of aryl methyl sites for hydroxylation is 1. The third-order valence-corrected chi connectivity index (χ3v) is 2.35. The SMILES string of the molecule is Cc1nncn1CCN(C)Cc1ncon1. The van der Waals surface area contributed by atoms with Gasteiger partial charge in [-0.25, -0.2) is 0 Å². The lowest BCUT2D eigenvalue weighted by atomic mass is 10.4. The molecule has 2 heterocycles. The minimum absolute atomic E-state index is 0.678. The Hall–Kier alpha value is -1.76. The number of likely N-dealkylation sites (N-methyl/N-ethyl adjacent to an activating group) is 1. The van der Waals surface area contributed by atoms with Crippen LogP contribution in [-0.4, -0.2) is 43.4 Å². The number of rotatable bonds is 5. The van der Waals surface area contributed by atoms with Crippen molar-refractivity contribution in [2.24, 2.45) is 0 Å². The normalized spacial score (nSPS) is 11.2. The summed E-state index contributed by atoms with van der Waals surface area (Å²) < 4.78 is 6.68. The number of aromatic nitrogens is 5. The summed E-state index contributed by atoms with van der Waals surface area (Å²) in [6.07, 6.45) is 3.07. The van der Waals surface area contributed by atoms with Crippen molar-refractivity contribution in [3.8, 4) is 0 Å². The van der Waals surface area contributed by atoms with Crippen molar-refractivity contribution in [3.63, 3.8) is 0 Å². The molecular formula is C9H14N6O. The lowest BCUT2D eigenvalue weighted by molar-refractivity contribution is 0.295. The van der Waals surface area contributed by atoms with Gasteiger partial charge in [-0.3, -0.25) is 4.90 Å².